The maximum Gasteiger partial charge on any atom is 0.303 e. The predicted molar refractivity (Wildman–Crippen MR) is 93.3 cm³/mol. The number of aliphatic hydroxyl groups is 1. The highest BCUT2D eigenvalue weighted by atomic mass is 16.7. The number of hydrogen-bond donors (Lipinski definition) is 1. The number of benzene rings is 1. The lowest BCUT2D eigenvalue weighted by atomic mass is 9.98. The van der Waals surface area contributed by atoms with Gasteiger partial charge < -0.3 is 28.8 Å². The van der Waals surface area contributed by atoms with Gasteiger partial charge in [0.25, 0.3) is 0 Å². The van der Waals surface area contributed by atoms with Crippen molar-refractivity contribution in [3.8, 4) is 0 Å². The van der Waals surface area contributed by atoms with Crippen LogP contribution in [0.2, 0.25) is 0 Å². The van der Waals surface area contributed by atoms with E-state index in [0.717, 1.165) is 5.56 Å². The topological polar surface area (TPSA) is 83.5 Å². The fraction of sp³-hybridized carbons (Fsp3) is 0.526. The molecule has 1 aliphatic heterocycles. The summed E-state index contributed by atoms with van der Waals surface area (Å²) in [6.07, 6.45) is -2.15. The molecule has 0 spiro atoms. The Kier molecular flexibility index (Phi) is 8.21. The van der Waals surface area contributed by atoms with E-state index >= 15 is 0 Å². The quantitative estimate of drug-likeness (QED) is 0.523. The Morgan fingerprint density at radius 1 is 1.23 bits per heavy atom. The van der Waals surface area contributed by atoms with E-state index in [1.807, 2.05) is 30.3 Å². The molecule has 1 heterocycles. The molecule has 5 atom stereocenters. The average molecular weight is 366 g/mol. The first-order valence-corrected chi connectivity index (χ1v) is 8.45. The SMILES string of the molecule is C=CCO[C@H]1[C@H](OCc2ccccc2)[C@H](OC(C)=O)[C@@H](OC)O[C@@H]1CO. The van der Waals surface area contributed by atoms with Crippen molar-refractivity contribution in [1.82, 2.24) is 0 Å². The molecule has 0 bridgehead atoms. The van der Waals surface area contributed by atoms with Gasteiger partial charge in [-0.2, -0.15) is 0 Å². The molecule has 7 heteroatoms. The van der Waals surface area contributed by atoms with Crippen LogP contribution < -0.4 is 0 Å². The molecular formula is C19H26O7. The molecule has 1 fully saturated rings. The molecule has 7 nitrogen and oxygen atoms in total. The standard InChI is InChI=1S/C19H26O7/c1-4-10-23-16-15(11-20)26-19(22-3)18(25-13(2)21)17(16)24-12-14-8-6-5-7-9-14/h4-9,15-20H,1,10-12H2,2-3H3/t15-,16-,17+,18+,19+/m1/s1. The molecule has 2 rings (SSSR count). The fourth-order valence-corrected chi connectivity index (χ4v) is 2.87. The van der Waals surface area contributed by atoms with E-state index < -0.39 is 36.7 Å². The number of hydrogen-bond acceptors (Lipinski definition) is 7. The maximum atomic E-state index is 11.6. The first-order valence-electron chi connectivity index (χ1n) is 8.45. The van der Waals surface area contributed by atoms with Crippen LogP contribution in [0.4, 0.5) is 0 Å². The van der Waals surface area contributed by atoms with Crippen LogP contribution in [0.3, 0.4) is 0 Å². The Morgan fingerprint density at radius 3 is 2.54 bits per heavy atom. The first kappa shape index (κ1) is 20.5. The smallest absolute Gasteiger partial charge is 0.303 e. The van der Waals surface area contributed by atoms with Gasteiger partial charge in [0.05, 0.1) is 19.8 Å². The summed E-state index contributed by atoms with van der Waals surface area (Å²) in [5.74, 6) is -0.487. The van der Waals surface area contributed by atoms with Crippen LogP contribution in [0, 0.1) is 0 Å². The minimum Gasteiger partial charge on any atom is -0.454 e. The first-order chi connectivity index (χ1) is 12.6. The summed E-state index contributed by atoms with van der Waals surface area (Å²) in [7, 11) is 1.44. The second-order valence-corrected chi connectivity index (χ2v) is 5.88. The Morgan fingerprint density at radius 2 is 1.96 bits per heavy atom. The Hall–Kier alpha value is -1.77. The van der Waals surface area contributed by atoms with E-state index in [2.05, 4.69) is 6.58 Å². The molecule has 0 amide bonds. The zero-order chi connectivity index (χ0) is 18.9. The number of carbonyl (C=O) groups excluding carboxylic acids is 1. The summed E-state index contributed by atoms with van der Waals surface area (Å²) in [5.41, 5.74) is 0.956. The van der Waals surface area contributed by atoms with Crippen molar-refractivity contribution < 1.29 is 33.6 Å². The molecule has 144 valence electrons. The summed E-state index contributed by atoms with van der Waals surface area (Å²) in [4.78, 5) is 11.6. The summed E-state index contributed by atoms with van der Waals surface area (Å²) in [6, 6.07) is 9.59. The van der Waals surface area contributed by atoms with Crippen LogP contribution in [-0.2, 0) is 35.1 Å². The monoisotopic (exact) mass is 366 g/mol. The minimum absolute atomic E-state index is 0.236. The number of ether oxygens (including phenoxy) is 5. The van der Waals surface area contributed by atoms with Gasteiger partial charge in [0.15, 0.2) is 12.4 Å². The van der Waals surface area contributed by atoms with Crippen molar-refractivity contribution >= 4 is 5.97 Å². The van der Waals surface area contributed by atoms with Gasteiger partial charge in [0.2, 0.25) is 0 Å². The van der Waals surface area contributed by atoms with E-state index in [4.69, 9.17) is 23.7 Å². The molecule has 1 aromatic carbocycles. The number of carbonyl (C=O) groups is 1. The molecular weight excluding hydrogens is 340 g/mol. The third-order valence-electron chi connectivity index (χ3n) is 4.00. The molecule has 1 aromatic rings. The van der Waals surface area contributed by atoms with Crippen molar-refractivity contribution in [1.29, 1.82) is 0 Å². The normalized spacial score (nSPS) is 28.5. The predicted octanol–water partition coefficient (Wildman–Crippen LogP) is 1.44. The van der Waals surface area contributed by atoms with Gasteiger partial charge in [-0.3, -0.25) is 4.79 Å². The third kappa shape index (κ3) is 5.36. The van der Waals surface area contributed by atoms with Gasteiger partial charge in [0, 0.05) is 14.0 Å². The fourth-order valence-electron chi connectivity index (χ4n) is 2.87. The highest BCUT2D eigenvalue weighted by molar-refractivity contribution is 5.66. The number of esters is 1. The van der Waals surface area contributed by atoms with Crippen LogP contribution in [0.5, 0.6) is 0 Å². The molecule has 1 saturated heterocycles. The Labute approximate surface area is 153 Å². The van der Waals surface area contributed by atoms with Gasteiger partial charge in [0.1, 0.15) is 18.3 Å². The number of rotatable bonds is 9. The van der Waals surface area contributed by atoms with Crippen LogP contribution in [0.1, 0.15) is 12.5 Å². The van der Waals surface area contributed by atoms with Crippen LogP contribution in [-0.4, -0.2) is 62.1 Å². The van der Waals surface area contributed by atoms with Crippen LogP contribution in [0.25, 0.3) is 0 Å². The lowest BCUT2D eigenvalue weighted by Crippen LogP contribution is -2.61. The zero-order valence-corrected chi connectivity index (χ0v) is 15.1. The maximum absolute atomic E-state index is 11.6. The molecule has 0 aromatic heterocycles. The Balaban J connectivity index is 2.24. The van der Waals surface area contributed by atoms with Gasteiger partial charge in [-0.15, -0.1) is 6.58 Å². The van der Waals surface area contributed by atoms with E-state index in [9.17, 15) is 9.90 Å². The van der Waals surface area contributed by atoms with E-state index in [0.29, 0.717) is 0 Å². The number of methoxy groups -OCH3 is 1. The molecule has 0 aliphatic carbocycles. The van der Waals surface area contributed by atoms with Crippen molar-refractivity contribution in [3.63, 3.8) is 0 Å². The second kappa shape index (κ2) is 10.4. The molecule has 0 unspecified atom stereocenters. The van der Waals surface area contributed by atoms with Gasteiger partial charge >= 0.3 is 5.97 Å². The molecule has 0 radical (unpaired) electrons. The molecule has 26 heavy (non-hydrogen) atoms. The molecule has 0 saturated carbocycles. The third-order valence-corrected chi connectivity index (χ3v) is 4.00. The highest BCUT2D eigenvalue weighted by Gasteiger charge is 2.49. The van der Waals surface area contributed by atoms with Crippen molar-refractivity contribution in [2.75, 3.05) is 20.3 Å². The van der Waals surface area contributed by atoms with E-state index in [1.165, 1.54) is 14.0 Å². The summed E-state index contributed by atoms with van der Waals surface area (Å²) >= 11 is 0. The molecule has 1 N–H and O–H groups in total. The average Bonchev–Trinajstić information content (AvgIpc) is 2.65. The minimum atomic E-state index is -0.875. The van der Waals surface area contributed by atoms with E-state index in [1.54, 1.807) is 6.08 Å². The largest absolute Gasteiger partial charge is 0.454 e. The van der Waals surface area contributed by atoms with Crippen molar-refractivity contribution in [2.24, 2.45) is 0 Å². The Bertz CT molecular complexity index is 562. The molecule has 1 aliphatic rings. The second-order valence-electron chi connectivity index (χ2n) is 5.88. The summed E-state index contributed by atoms with van der Waals surface area (Å²) in [6.45, 7) is 5.17. The van der Waals surface area contributed by atoms with Crippen LogP contribution in [0.15, 0.2) is 43.0 Å². The zero-order valence-electron chi connectivity index (χ0n) is 15.1. The van der Waals surface area contributed by atoms with Gasteiger partial charge in [-0.1, -0.05) is 36.4 Å². The van der Waals surface area contributed by atoms with Crippen molar-refractivity contribution in [2.45, 2.75) is 44.2 Å². The van der Waals surface area contributed by atoms with Gasteiger partial charge in [-0.25, -0.2) is 0 Å². The van der Waals surface area contributed by atoms with Gasteiger partial charge in [-0.05, 0) is 5.56 Å². The summed E-state index contributed by atoms with van der Waals surface area (Å²) in [5, 5.41) is 9.70. The summed E-state index contributed by atoms with van der Waals surface area (Å²) < 4.78 is 28.2. The van der Waals surface area contributed by atoms with E-state index in [-0.39, 0.29) is 19.8 Å². The highest BCUT2D eigenvalue weighted by Crippen LogP contribution is 2.29. The lowest BCUT2D eigenvalue weighted by molar-refractivity contribution is -0.311. The van der Waals surface area contributed by atoms with Crippen LogP contribution >= 0.6 is 0 Å². The van der Waals surface area contributed by atoms with Crippen molar-refractivity contribution in [3.05, 3.63) is 48.6 Å². The lowest BCUT2D eigenvalue weighted by Gasteiger charge is -2.44. The number of aliphatic hydroxyl groups excluding tert-OH is 1.